The number of carbonyl (C=O) groups is 1. The third-order valence-corrected chi connectivity index (χ3v) is 6.11. The van der Waals surface area contributed by atoms with Crippen LogP contribution in [0, 0.1) is 13.7 Å². The number of ether oxygens (including phenoxy) is 1. The molecule has 0 unspecified atom stereocenters. The minimum atomic E-state index is -4.40. The minimum Gasteiger partial charge on any atom is -0.462 e. The Morgan fingerprint density at radius 3 is 2.37 bits per heavy atom. The van der Waals surface area contributed by atoms with Gasteiger partial charge in [0.25, 0.3) is 15.7 Å². The predicted molar refractivity (Wildman–Crippen MR) is 108 cm³/mol. The number of rotatable bonds is 7. The highest BCUT2D eigenvalue weighted by Gasteiger charge is 2.34. The fraction of sp³-hybridized carbons (Fsp3) is 0.235. The maximum atomic E-state index is 13.2. The molecule has 0 aromatic heterocycles. The van der Waals surface area contributed by atoms with Crippen LogP contribution in [-0.2, 0) is 19.6 Å². The maximum absolute atomic E-state index is 13.2. The molecule has 0 saturated carbocycles. The zero-order valence-corrected chi connectivity index (χ0v) is 17.5. The molecule has 0 saturated heterocycles. The van der Waals surface area contributed by atoms with Gasteiger partial charge in [-0.05, 0) is 54.6 Å². The molecular weight excluding hydrogens is 487 g/mol. The predicted octanol–water partition coefficient (Wildman–Crippen LogP) is 3.35. The minimum absolute atomic E-state index is 0.233. The monoisotopic (exact) mass is 504 g/mol. The van der Waals surface area contributed by atoms with Crippen LogP contribution in [0.15, 0.2) is 53.4 Å². The van der Waals surface area contributed by atoms with E-state index in [1.165, 1.54) is 18.2 Å². The summed E-state index contributed by atoms with van der Waals surface area (Å²) >= 11 is 1.94. The second-order valence-electron chi connectivity index (χ2n) is 5.73. The van der Waals surface area contributed by atoms with Gasteiger partial charge < -0.3 is 4.74 Å². The van der Waals surface area contributed by atoms with Gasteiger partial charge in [-0.15, -0.1) is 0 Å². The lowest BCUT2D eigenvalue weighted by Crippen LogP contribution is -2.38. The van der Waals surface area contributed by atoms with Crippen molar-refractivity contribution in [1.82, 2.24) is 0 Å². The van der Waals surface area contributed by atoms with Crippen LogP contribution in [-0.4, -0.2) is 32.0 Å². The van der Waals surface area contributed by atoms with Crippen molar-refractivity contribution in [3.05, 3.63) is 62.2 Å². The Bertz CT molecular complexity index is 961. The molecule has 2 aromatic rings. The normalized spacial score (nSPS) is 11.3. The van der Waals surface area contributed by atoms with Crippen LogP contribution in [0.1, 0.15) is 13.8 Å². The summed E-state index contributed by atoms with van der Waals surface area (Å²) in [7, 11) is -4.40. The molecule has 0 N–H and O–H groups in total. The van der Waals surface area contributed by atoms with Crippen molar-refractivity contribution < 1.29 is 22.9 Å². The Balaban J connectivity index is 2.61. The summed E-state index contributed by atoms with van der Waals surface area (Å²) in [4.78, 5) is 22.2. The van der Waals surface area contributed by atoms with Gasteiger partial charge in [-0.1, -0.05) is 24.3 Å². The number of benzene rings is 2. The molecule has 2 aromatic carbocycles. The Labute approximate surface area is 170 Å². The maximum Gasteiger partial charge on any atom is 0.327 e. The van der Waals surface area contributed by atoms with Crippen molar-refractivity contribution in [2.24, 2.45) is 0 Å². The van der Waals surface area contributed by atoms with E-state index < -0.39 is 44.1 Å². The van der Waals surface area contributed by atoms with E-state index in [1.807, 2.05) is 22.6 Å². The summed E-state index contributed by atoms with van der Waals surface area (Å²) in [5.41, 5.74) is -0.331. The molecule has 0 fully saturated rings. The largest absolute Gasteiger partial charge is 0.462 e. The molecule has 144 valence electrons. The first-order valence-corrected chi connectivity index (χ1v) is 10.4. The van der Waals surface area contributed by atoms with E-state index in [2.05, 4.69) is 0 Å². The fourth-order valence-electron chi connectivity index (χ4n) is 2.32. The average Bonchev–Trinajstić information content (AvgIpc) is 2.59. The molecule has 10 heteroatoms. The number of nitrogens with zero attached hydrogens (tertiary/aromatic N) is 2. The van der Waals surface area contributed by atoms with Crippen LogP contribution in [0.2, 0.25) is 0 Å². The Morgan fingerprint density at radius 1 is 1.19 bits per heavy atom. The summed E-state index contributed by atoms with van der Waals surface area (Å²) in [5.74, 6) is -0.758. The van der Waals surface area contributed by atoms with Crippen molar-refractivity contribution in [3.8, 4) is 0 Å². The summed E-state index contributed by atoms with van der Waals surface area (Å²) in [6.07, 6.45) is -0.428. The number of halogens is 1. The Kier molecular flexibility index (Phi) is 6.76. The standard InChI is InChI=1S/C17H17IN2O6S/c1-12(2)26-17(21)11-19(14-8-4-3-7-13(14)18)27(24,25)16-10-6-5-9-15(16)20(22)23/h3-10,12H,11H2,1-2H3. The molecule has 0 aliphatic carbocycles. The van der Waals surface area contributed by atoms with Crippen LogP contribution >= 0.6 is 22.6 Å². The molecule has 0 heterocycles. The average molecular weight is 504 g/mol. The van der Waals surface area contributed by atoms with Crippen molar-refractivity contribution in [1.29, 1.82) is 0 Å². The summed E-state index contributed by atoms with van der Waals surface area (Å²) in [5, 5.41) is 11.3. The first-order valence-electron chi connectivity index (χ1n) is 7.84. The van der Waals surface area contributed by atoms with Gasteiger partial charge in [0.05, 0.1) is 16.7 Å². The molecule has 0 spiro atoms. The summed E-state index contributed by atoms with van der Waals surface area (Å²) < 4.78 is 33.0. The number of esters is 1. The smallest absolute Gasteiger partial charge is 0.327 e. The molecule has 8 nitrogen and oxygen atoms in total. The lowest BCUT2D eigenvalue weighted by molar-refractivity contribution is -0.387. The van der Waals surface area contributed by atoms with Crippen molar-refractivity contribution >= 4 is 50.0 Å². The SMILES string of the molecule is CC(C)OC(=O)CN(c1ccccc1I)S(=O)(=O)c1ccccc1[N+](=O)[O-]. The van der Waals surface area contributed by atoms with Gasteiger partial charge >= 0.3 is 5.97 Å². The van der Waals surface area contributed by atoms with Crippen molar-refractivity contribution in [2.75, 3.05) is 10.8 Å². The van der Waals surface area contributed by atoms with Gasteiger partial charge in [-0.3, -0.25) is 19.2 Å². The first kappa shape index (κ1) is 21.1. The number of nitro groups is 1. The van der Waals surface area contributed by atoms with Crippen LogP contribution in [0.4, 0.5) is 11.4 Å². The lowest BCUT2D eigenvalue weighted by Gasteiger charge is -2.25. The number of hydrogen-bond donors (Lipinski definition) is 0. The summed E-state index contributed by atoms with van der Waals surface area (Å²) in [6, 6.07) is 11.5. The number of para-hydroxylation sites is 2. The molecule has 0 aliphatic heterocycles. The topological polar surface area (TPSA) is 107 Å². The lowest BCUT2D eigenvalue weighted by atomic mass is 10.3. The van der Waals surface area contributed by atoms with E-state index in [-0.39, 0.29) is 5.69 Å². The molecule has 0 atom stereocenters. The van der Waals surface area contributed by atoms with Gasteiger partial charge in [0.2, 0.25) is 0 Å². The van der Waals surface area contributed by atoms with E-state index in [0.717, 1.165) is 16.4 Å². The third-order valence-electron chi connectivity index (χ3n) is 3.39. The van der Waals surface area contributed by atoms with E-state index in [9.17, 15) is 23.3 Å². The third kappa shape index (κ3) is 4.95. The van der Waals surface area contributed by atoms with Crippen molar-refractivity contribution in [2.45, 2.75) is 24.8 Å². The summed E-state index contributed by atoms with van der Waals surface area (Å²) in [6.45, 7) is 2.68. The molecule has 0 amide bonds. The fourth-order valence-corrected chi connectivity index (χ4v) is 4.75. The van der Waals surface area contributed by atoms with Gasteiger partial charge in [0.1, 0.15) is 6.54 Å². The van der Waals surface area contributed by atoms with E-state index in [0.29, 0.717) is 3.57 Å². The Hall–Kier alpha value is -2.21. The molecule has 0 bridgehead atoms. The number of sulfonamides is 1. The zero-order chi connectivity index (χ0) is 20.2. The molecule has 0 aliphatic rings. The number of hydrogen-bond acceptors (Lipinski definition) is 6. The van der Waals surface area contributed by atoms with Crippen LogP contribution in [0.3, 0.4) is 0 Å². The molecular formula is C17H17IN2O6S. The Morgan fingerprint density at radius 2 is 1.78 bits per heavy atom. The number of nitro benzene ring substituents is 1. The molecule has 0 radical (unpaired) electrons. The van der Waals surface area contributed by atoms with Crippen molar-refractivity contribution in [3.63, 3.8) is 0 Å². The van der Waals surface area contributed by atoms with E-state index in [1.54, 1.807) is 32.0 Å². The quantitative estimate of drug-likeness (QED) is 0.248. The number of anilines is 1. The first-order chi connectivity index (χ1) is 12.6. The molecule has 27 heavy (non-hydrogen) atoms. The highest BCUT2D eigenvalue weighted by molar-refractivity contribution is 14.1. The highest BCUT2D eigenvalue weighted by Crippen LogP contribution is 2.32. The van der Waals surface area contributed by atoms with Gasteiger partial charge in [-0.25, -0.2) is 8.42 Å². The molecule has 2 rings (SSSR count). The highest BCUT2D eigenvalue weighted by atomic mass is 127. The second-order valence-corrected chi connectivity index (χ2v) is 8.72. The van der Waals surface area contributed by atoms with Gasteiger partial charge in [0.15, 0.2) is 4.90 Å². The van der Waals surface area contributed by atoms with Crippen LogP contribution in [0.5, 0.6) is 0 Å². The second kappa shape index (κ2) is 8.65. The van der Waals surface area contributed by atoms with E-state index in [4.69, 9.17) is 4.74 Å². The zero-order valence-electron chi connectivity index (χ0n) is 14.5. The van der Waals surface area contributed by atoms with E-state index >= 15 is 0 Å². The van der Waals surface area contributed by atoms with Gasteiger partial charge in [-0.2, -0.15) is 0 Å². The van der Waals surface area contributed by atoms with Gasteiger partial charge in [0, 0.05) is 9.64 Å². The number of carbonyl (C=O) groups excluding carboxylic acids is 1. The van der Waals surface area contributed by atoms with Crippen LogP contribution < -0.4 is 4.31 Å². The van der Waals surface area contributed by atoms with Crippen LogP contribution in [0.25, 0.3) is 0 Å².